The van der Waals surface area contributed by atoms with Crippen LogP contribution in [0.3, 0.4) is 0 Å². The van der Waals surface area contributed by atoms with E-state index in [1.54, 1.807) is 0 Å². The highest BCUT2D eigenvalue weighted by molar-refractivity contribution is 5.85. The van der Waals surface area contributed by atoms with Gasteiger partial charge in [0.05, 0.1) is 0 Å². The van der Waals surface area contributed by atoms with Gasteiger partial charge in [-0.3, -0.25) is 9.59 Å². The molecule has 5 heteroatoms. The van der Waals surface area contributed by atoms with E-state index in [0.29, 0.717) is 12.8 Å². The first kappa shape index (κ1) is 44.7. The summed E-state index contributed by atoms with van der Waals surface area (Å²) in [6.45, 7) is 4.54. The van der Waals surface area contributed by atoms with Crippen molar-refractivity contribution in [3.63, 3.8) is 0 Å². The third-order valence-corrected chi connectivity index (χ3v) is 7.99. The van der Waals surface area contributed by atoms with Crippen LogP contribution in [0.25, 0.3) is 0 Å². The van der Waals surface area contributed by atoms with Crippen molar-refractivity contribution in [2.75, 3.05) is 0 Å². The van der Waals surface area contributed by atoms with Gasteiger partial charge < -0.3 is 10.2 Å². The fourth-order valence-corrected chi connectivity index (χ4v) is 5.30. The molecule has 0 heterocycles. The first-order valence-electron chi connectivity index (χ1n) is 18.0. The Bertz CT molecular complexity index is 454. The predicted octanol–water partition coefficient (Wildman–Crippen LogP) is 13.1. The molecule has 0 saturated carbocycles. The summed E-state index contributed by atoms with van der Waals surface area (Å²) in [5.74, 6) is -1.31. The van der Waals surface area contributed by atoms with E-state index in [1.165, 1.54) is 167 Å². The Morgan fingerprint density at radius 1 is 0.317 bits per heavy atom. The van der Waals surface area contributed by atoms with Gasteiger partial charge in [0.1, 0.15) is 0 Å². The van der Waals surface area contributed by atoms with E-state index in [2.05, 4.69) is 13.8 Å². The number of unbranched alkanes of at least 4 members (excludes halogenated alkanes) is 28. The van der Waals surface area contributed by atoms with Crippen LogP contribution in [0.2, 0.25) is 0 Å². The molecular formula is C36H73ClO4. The molecule has 0 amide bonds. The molecule has 2 N–H and O–H groups in total. The first-order valence-corrected chi connectivity index (χ1v) is 18.0. The zero-order valence-electron chi connectivity index (χ0n) is 27.7. The van der Waals surface area contributed by atoms with Crippen molar-refractivity contribution in [2.45, 2.75) is 219 Å². The second-order valence-electron chi connectivity index (χ2n) is 12.2. The topological polar surface area (TPSA) is 74.6 Å². The summed E-state index contributed by atoms with van der Waals surface area (Å²) >= 11 is 0. The number of rotatable bonds is 32. The maximum absolute atomic E-state index is 10.3. The smallest absolute Gasteiger partial charge is 0.303 e. The van der Waals surface area contributed by atoms with Crippen molar-refractivity contribution >= 4 is 24.3 Å². The molecule has 0 aromatic carbocycles. The van der Waals surface area contributed by atoms with E-state index in [9.17, 15) is 9.59 Å². The average molecular weight is 605 g/mol. The largest absolute Gasteiger partial charge is 0.481 e. The van der Waals surface area contributed by atoms with Gasteiger partial charge in [0.15, 0.2) is 0 Å². The van der Waals surface area contributed by atoms with Gasteiger partial charge in [-0.05, 0) is 12.8 Å². The van der Waals surface area contributed by atoms with Gasteiger partial charge in [-0.25, -0.2) is 0 Å². The molecule has 0 saturated heterocycles. The number of halogens is 1. The van der Waals surface area contributed by atoms with E-state index in [-0.39, 0.29) is 12.4 Å². The standard InChI is InChI=1S/2C18H36O2.ClH/c2*1-2-3-4-5-6-7-8-9-10-11-12-13-14-15-16-17-18(19)20;/h2*2-17H2,1H3,(H,19,20);1H. The molecule has 0 aliphatic rings. The van der Waals surface area contributed by atoms with Gasteiger partial charge in [0, 0.05) is 12.8 Å². The van der Waals surface area contributed by atoms with E-state index in [0.717, 1.165) is 25.7 Å². The highest BCUT2D eigenvalue weighted by atomic mass is 35.5. The summed E-state index contributed by atoms with van der Waals surface area (Å²) < 4.78 is 0. The summed E-state index contributed by atoms with van der Waals surface area (Å²) in [7, 11) is 0. The second-order valence-corrected chi connectivity index (χ2v) is 12.2. The first-order chi connectivity index (χ1) is 19.5. The number of hydrogen-bond acceptors (Lipinski definition) is 2. The van der Waals surface area contributed by atoms with E-state index >= 15 is 0 Å². The van der Waals surface area contributed by atoms with Gasteiger partial charge in [-0.1, -0.05) is 194 Å². The molecule has 41 heavy (non-hydrogen) atoms. The third-order valence-electron chi connectivity index (χ3n) is 7.99. The van der Waals surface area contributed by atoms with Crippen LogP contribution in [0.15, 0.2) is 0 Å². The molecule has 0 unspecified atom stereocenters. The van der Waals surface area contributed by atoms with Crippen LogP contribution in [-0.4, -0.2) is 22.2 Å². The average Bonchev–Trinajstić information content (AvgIpc) is 2.93. The lowest BCUT2D eigenvalue weighted by atomic mass is 10.0. The molecular weight excluding hydrogens is 532 g/mol. The van der Waals surface area contributed by atoms with Crippen molar-refractivity contribution in [2.24, 2.45) is 0 Å². The normalized spacial score (nSPS) is 10.6. The molecule has 0 rings (SSSR count). The molecule has 0 bridgehead atoms. The zero-order chi connectivity index (χ0) is 29.8. The van der Waals surface area contributed by atoms with Crippen LogP contribution in [0.4, 0.5) is 0 Å². The molecule has 248 valence electrons. The minimum Gasteiger partial charge on any atom is -0.481 e. The van der Waals surface area contributed by atoms with Gasteiger partial charge in [0.2, 0.25) is 0 Å². The fraction of sp³-hybridized carbons (Fsp3) is 0.944. The Labute approximate surface area is 263 Å². The molecule has 0 spiro atoms. The van der Waals surface area contributed by atoms with E-state index < -0.39 is 11.9 Å². The molecule has 0 aliphatic carbocycles. The van der Waals surface area contributed by atoms with Gasteiger partial charge in [-0.15, -0.1) is 12.4 Å². The van der Waals surface area contributed by atoms with E-state index in [1.807, 2.05) is 0 Å². The lowest BCUT2D eigenvalue weighted by molar-refractivity contribution is -0.138. The molecule has 4 nitrogen and oxygen atoms in total. The molecule has 0 atom stereocenters. The molecule has 0 radical (unpaired) electrons. The lowest BCUT2D eigenvalue weighted by Crippen LogP contribution is -1.93. The van der Waals surface area contributed by atoms with Crippen molar-refractivity contribution in [3.05, 3.63) is 0 Å². The second kappa shape index (κ2) is 41.4. The van der Waals surface area contributed by atoms with Crippen LogP contribution in [-0.2, 0) is 9.59 Å². The summed E-state index contributed by atoms with van der Waals surface area (Å²) in [4.78, 5) is 20.7. The number of carboxylic acid groups (broad SMARTS) is 2. The zero-order valence-corrected chi connectivity index (χ0v) is 28.6. The van der Waals surface area contributed by atoms with Gasteiger partial charge in [0.25, 0.3) is 0 Å². The Kier molecular flexibility index (Phi) is 45.1. The molecule has 0 aromatic heterocycles. The van der Waals surface area contributed by atoms with Crippen LogP contribution in [0.1, 0.15) is 219 Å². The highest BCUT2D eigenvalue weighted by Gasteiger charge is 1.98. The van der Waals surface area contributed by atoms with Gasteiger partial charge in [-0.2, -0.15) is 0 Å². The predicted molar refractivity (Wildman–Crippen MR) is 182 cm³/mol. The van der Waals surface area contributed by atoms with Crippen molar-refractivity contribution in [1.82, 2.24) is 0 Å². The van der Waals surface area contributed by atoms with Crippen molar-refractivity contribution in [3.8, 4) is 0 Å². The van der Waals surface area contributed by atoms with Crippen LogP contribution in [0.5, 0.6) is 0 Å². The minimum atomic E-state index is -0.653. The SMILES string of the molecule is CCCCCCCCCCCCCCCCCC(=O)O.CCCCCCCCCCCCCCCCCC(=O)O.Cl. The Hall–Kier alpha value is -0.770. The highest BCUT2D eigenvalue weighted by Crippen LogP contribution is 2.15. The quantitative estimate of drug-likeness (QED) is 0.0748. The maximum atomic E-state index is 10.3. The Morgan fingerprint density at radius 2 is 0.463 bits per heavy atom. The van der Waals surface area contributed by atoms with Crippen molar-refractivity contribution in [1.29, 1.82) is 0 Å². The van der Waals surface area contributed by atoms with Crippen molar-refractivity contribution < 1.29 is 19.8 Å². The monoisotopic (exact) mass is 605 g/mol. The third kappa shape index (κ3) is 49.2. The summed E-state index contributed by atoms with van der Waals surface area (Å²) in [5, 5.41) is 17.0. The van der Waals surface area contributed by atoms with Crippen LogP contribution < -0.4 is 0 Å². The fourth-order valence-electron chi connectivity index (χ4n) is 5.30. The maximum Gasteiger partial charge on any atom is 0.303 e. The molecule has 0 aliphatic heterocycles. The number of hydrogen-bond donors (Lipinski definition) is 2. The molecule has 0 aromatic rings. The summed E-state index contributed by atoms with van der Waals surface area (Å²) in [5.41, 5.74) is 0. The number of carbonyl (C=O) groups is 2. The van der Waals surface area contributed by atoms with Crippen LogP contribution in [0, 0.1) is 0 Å². The van der Waals surface area contributed by atoms with Crippen LogP contribution >= 0.6 is 12.4 Å². The van der Waals surface area contributed by atoms with E-state index in [4.69, 9.17) is 10.2 Å². The summed E-state index contributed by atoms with van der Waals surface area (Å²) in [6.07, 6.45) is 40.4. The summed E-state index contributed by atoms with van der Waals surface area (Å²) in [6, 6.07) is 0. The Balaban J connectivity index is -0.000000688. The number of carboxylic acids is 2. The lowest BCUT2D eigenvalue weighted by Gasteiger charge is -2.03. The number of aliphatic carboxylic acids is 2. The minimum absolute atomic E-state index is 0. The Morgan fingerprint density at radius 3 is 0.610 bits per heavy atom. The molecule has 0 fully saturated rings. The van der Waals surface area contributed by atoms with Gasteiger partial charge >= 0.3 is 11.9 Å².